The van der Waals surface area contributed by atoms with E-state index < -0.39 is 0 Å². The molecule has 0 amide bonds. The van der Waals surface area contributed by atoms with E-state index in [1.807, 2.05) is 0 Å². The summed E-state index contributed by atoms with van der Waals surface area (Å²) in [7, 11) is 0. The van der Waals surface area contributed by atoms with Crippen LogP contribution in [-0.4, -0.2) is 23.6 Å². The maximum absolute atomic E-state index is 3.50. The van der Waals surface area contributed by atoms with Gasteiger partial charge in [0.25, 0.3) is 0 Å². The van der Waals surface area contributed by atoms with Gasteiger partial charge in [0.1, 0.15) is 0 Å². The fourth-order valence-electron chi connectivity index (χ4n) is 1.84. The van der Waals surface area contributed by atoms with Crippen LogP contribution in [0, 0.1) is 0 Å². The Morgan fingerprint density at radius 2 is 2.08 bits per heavy atom. The van der Waals surface area contributed by atoms with E-state index in [4.69, 9.17) is 0 Å². The second-order valence-corrected chi connectivity index (χ2v) is 5.82. The van der Waals surface area contributed by atoms with Crippen molar-refractivity contribution in [3.63, 3.8) is 0 Å². The Hall–Kier alpha value is 0.310. The van der Waals surface area contributed by atoms with Crippen LogP contribution < -0.4 is 5.32 Å². The highest BCUT2D eigenvalue weighted by Gasteiger charge is 2.17. The zero-order chi connectivity index (χ0) is 9.52. The van der Waals surface area contributed by atoms with Crippen LogP contribution >= 0.6 is 11.8 Å². The zero-order valence-corrected chi connectivity index (χ0v) is 9.83. The summed E-state index contributed by atoms with van der Waals surface area (Å²) in [5, 5.41) is 5.22. The van der Waals surface area contributed by atoms with Gasteiger partial charge in [0.15, 0.2) is 0 Å². The minimum absolute atomic E-state index is 0.824. The van der Waals surface area contributed by atoms with Crippen LogP contribution in [-0.2, 0) is 0 Å². The molecule has 0 aliphatic carbocycles. The molecule has 0 unspecified atom stereocenters. The Bertz CT molecular complexity index is 127. The van der Waals surface area contributed by atoms with Gasteiger partial charge in [0.2, 0.25) is 0 Å². The lowest BCUT2D eigenvalue weighted by molar-refractivity contribution is 0.565. The third kappa shape index (κ3) is 4.92. The summed E-state index contributed by atoms with van der Waals surface area (Å²) in [5.74, 6) is 0. The average molecular weight is 201 g/mol. The molecule has 1 aliphatic heterocycles. The molecule has 1 N–H and O–H groups in total. The summed E-state index contributed by atoms with van der Waals surface area (Å²) >= 11 is 2.18. The third-order valence-electron chi connectivity index (χ3n) is 2.61. The number of unbranched alkanes of at least 4 members (excludes halogenated alkanes) is 3. The summed E-state index contributed by atoms with van der Waals surface area (Å²) in [6, 6.07) is 0. The van der Waals surface area contributed by atoms with Crippen LogP contribution in [0.4, 0.5) is 0 Å². The van der Waals surface area contributed by atoms with Crippen molar-refractivity contribution in [2.45, 2.75) is 56.5 Å². The van der Waals surface area contributed by atoms with E-state index in [2.05, 4.69) is 30.9 Å². The molecule has 1 nitrogen and oxygen atoms in total. The van der Waals surface area contributed by atoms with E-state index in [9.17, 15) is 0 Å². The van der Waals surface area contributed by atoms with Crippen LogP contribution in [0.5, 0.6) is 0 Å². The number of nitrogens with one attached hydrogen (secondary N) is 1. The first-order valence-corrected chi connectivity index (χ1v) is 6.63. The SMILES string of the molecule is CCCCCC[C@H]1CNC[C@@H](C)S1. The number of hydrogen-bond donors (Lipinski definition) is 1. The van der Waals surface area contributed by atoms with Crippen molar-refractivity contribution in [1.29, 1.82) is 0 Å². The molecule has 78 valence electrons. The van der Waals surface area contributed by atoms with E-state index in [-0.39, 0.29) is 0 Å². The maximum Gasteiger partial charge on any atom is 0.0175 e. The first kappa shape index (κ1) is 11.4. The molecule has 0 aromatic rings. The van der Waals surface area contributed by atoms with Crippen LogP contribution in [0.2, 0.25) is 0 Å². The Labute approximate surface area is 87.1 Å². The predicted molar refractivity (Wildman–Crippen MR) is 62.5 cm³/mol. The van der Waals surface area contributed by atoms with Crippen LogP contribution in [0.1, 0.15) is 46.0 Å². The van der Waals surface area contributed by atoms with Crippen molar-refractivity contribution in [3.05, 3.63) is 0 Å². The number of hydrogen-bond acceptors (Lipinski definition) is 2. The minimum atomic E-state index is 0.824. The normalized spacial score (nSPS) is 29.1. The molecule has 0 spiro atoms. The molecule has 1 saturated heterocycles. The quantitative estimate of drug-likeness (QED) is 0.686. The zero-order valence-electron chi connectivity index (χ0n) is 9.01. The molecule has 0 radical (unpaired) electrons. The second-order valence-electron chi connectivity index (χ2n) is 4.08. The third-order valence-corrected chi connectivity index (χ3v) is 4.03. The topological polar surface area (TPSA) is 12.0 Å². The molecule has 13 heavy (non-hydrogen) atoms. The van der Waals surface area contributed by atoms with E-state index in [0.717, 1.165) is 10.5 Å². The van der Waals surface area contributed by atoms with Crippen LogP contribution in [0.3, 0.4) is 0 Å². The van der Waals surface area contributed by atoms with Gasteiger partial charge in [-0.2, -0.15) is 11.8 Å². The first-order chi connectivity index (χ1) is 6.33. The van der Waals surface area contributed by atoms with Crippen molar-refractivity contribution >= 4 is 11.8 Å². The Kier molecular flexibility index (Phi) is 5.88. The van der Waals surface area contributed by atoms with Crippen LogP contribution in [0.15, 0.2) is 0 Å². The fraction of sp³-hybridized carbons (Fsp3) is 1.00. The molecule has 2 atom stereocenters. The molecular formula is C11H23NS. The maximum atomic E-state index is 3.50. The predicted octanol–water partition coefficient (Wildman–Crippen LogP) is 3.05. The van der Waals surface area contributed by atoms with E-state index in [0.29, 0.717) is 0 Å². The van der Waals surface area contributed by atoms with Crippen LogP contribution in [0.25, 0.3) is 0 Å². The minimum Gasteiger partial charge on any atom is -0.315 e. The second kappa shape index (κ2) is 6.72. The lowest BCUT2D eigenvalue weighted by Gasteiger charge is -2.27. The van der Waals surface area contributed by atoms with Crippen molar-refractivity contribution < 1.29 is 0 Å². The monoisotopic (exact) mass is 201 g/mol. The van der Waals surface area contributed by atoms with E-state index in [1.54, 1.807) is 0 Å². The van der Waals surface area contributed by atoms with Gasteiger partial charge in [-0.3, -0.25) is 0 Å². The van der Waals surface area contributed by atoms with E-state index >= 15 is 0 Å². The number of rotatable bonds is 5. The van der Waals surface area contributed by atoms with Crippen molar-refractivity contribution in [1.82, 2.24) is 5.32 Å². The molecule has 0 aromatic heterocycles. The highest BCUT2D eigenvalue weighted by molar-refractivity contribution is 8.00. The standard InChI is InChI=1S/C11H23NS/c1-3-4-5-6-7-11-9-12-8-10(2)13-11/h10-12H,3-9H2,1-2H3/t10-,11+/m1/s1. The molecule has 0 saturated carbocycles. The van der Waals surface area contributed by atoms with Gasteiger partial charge in [-0.25, -0.2) is 0 Å². The van der Waals surface area contributed by atoms with Gasteiger partial charge < -0.3 is 5.32 Å². The Morgan fingerprint density at radius 3 is 2.77 bits per heavy atom. The first-order valence-electron chi connectivity index (χ1n) is 5.69. The molecule has 1 heterocycles. The highest BCUT2D eigenvalue weighted by Crippen LogP contribution is 2.24. The summed E-state index contributed by atoms with van der Waals surface area (Å²) < 4.78 is 0. The molecule has 2 heteroatoms. The summed E-state index contributed by atoms with van der Waals surface area (Å²) in [6.07, 6.45) is 7.05. The van der Waals surface area contributed by atoms with Gasteiger partial charge >= 0.3 is 0 Å². The summed E-state index contributed by atoms with van der Waals surface area (Å²) in [5.41, 5.74) is 0. The summed E-state index contributed by atoms with van der Waals surface area (Å²) in [6.45, 7) is 7.05. The Balaban J connectivity index is 2.00. The lowest BCUT2D eigenvalue weighted by Crippen LogP contribution is -2.36. The van der Waals surface area contributed by atoms with Gasteiger partial charge in [-0.15, -0.1) is 0 Å². The van der Waals surface area contributed by atoms with E-state index in [1.165, 1.54) is 45.2 Å². The van der Waals surface area contributed by atoms with Gasteiger partial charge in [0, 0.05) is 23.6 Å². The molecule has 1 fully saturated rings. The van der Waals surface area contributed by atoms with Gasteiger partial charge in [0.05, 0.1) is 0 Å². The van der Waals surface area contributed by atoms with Crippen molar-refractivity contribution in [2.24, 2.45) is 0 Å². The molecule has 0 bridgehead atoms. The smallest absolute Gasteiger partial charge is 0.0175 e. The summed E-state index contributed by atoms with van der Waals surface area (Å²) in [4.78, 5) is 0. The average Bonchev–Trinajstić information content (AvgIpc) is 2.13. The van der Waals surface area contributed by atoms with Crippen molar-refractivity contribution in [3.8, 4) is 0 Å². The van der Waals surface area contributed by atoms with Gasteiger partial charge in [-0.1, -0.05) is 39.5 Å². The van der Waals surface area contributed by atoms with Crippen molar-refractivity contribution in [2.75, 3.05) is 13.1 Å². The largest absolute Gasteiger partial charge is 0.315 e. The fourth-order valence-corrected chi connectivity index (χ4v) is 3.23. The highest BCUT2D eigenvalue weighted by atomic mass is 32.2. The molecule has 0 aromatic carbocycles. The molecular weight excluding hydrogens is 178 g/mol. The van der Waals surface area contributed by atoms with Gasteiger partial charge in [-0.05, 0) is 6.42 Å². The molecule has 1 aliphatic rings. The Morgan fingerprint density at radius 1 is 1.23 bits per heavy atom. The number of thioether (sulfide) groups is 1. The molecule has 1 rings (SSSR count). The lowest BCUT2D eigenvalue weighted by atomic mass is 10.1.